The lowest BCUT2D eigenvalue weighted by Gasteiger charge is -2.13. The number of nitriles is 1. The predicted octanol–water partition coefficient (Wildman–Crippen LogP) is 1.84. The molecule has 21 heavy (non-hydrogen) atoms. The first kappa shape index (κ1) is 14.8. The van der Waals surface area contributed by atoms with Gasteiger partial charge in [0.15, 0.2) is 0 Å². The maximum atomic E-state index is 11.4. The van der Waals surface area contributed by atoms with Crippen molar-refractivity contribution < 1.29 is 8.42 Å². The highest BCUT2D eigenvalue weighted by Crippen LogP contribution is 2.28. The molecule has 108 valence electrons. The standard InChI is InChI=1S/C14H14N4O2S/c1-9-2-3-10(8-15)6-13(9)18-14-7-11(21(17,19)20)4-5-12(14)16/h2-7,18H,16H2,1H3,(H2,17,19,20). The van der Waals surface area contributed by atoms with Crippen molar-refractivity contribution in [3.05, 3.63) is 47.5 Å². The van der Waals surface area contributed by atoms with E-state index in [0.717, 1.165) is 5.56 Å². The van der Waals surface area contributed by atoms with Crippen LogP contribution in [-0.2, 0) is 10.0 Å². The van der Waals surface area contributed by atoms with Crippen LogP contribution in [0.15, 0.2) is 41.3 Å². The van der Waals surface area contributed by atoms with Crippen LogP contribution in [0.3, 0.4) is 0 Å². The molecule has 7 heteroatoms. The fourth-order valence-electron chi connectivity index (χ4n) is 1.79. The molecule has 2 rings (SSSR count). The molecule has 0 saturated carbocycles. The van der Waals surface area contributed by atoms with Crippen molar-refractivity contribution in [3.63, 3.8) is 0 Å². The first-order chi connectivity index (χ1) is 9.81. The molecule has 5 N–H and O–H groups in total. The number of nitrogens with two attached hydrogens (primary N) is 2. The number of aryl methyl sites for hydroxylation is 1. The minimum Gasteiger partial charge on any atom is -0.397 e. The number of hydrogen-bond acceptors (Lipinski definition) is 5. The fourth-order valence-corrected chi connectivity index (χ4v) is 2.33. The molecule has 0 aliphatic heterocycles. The van der Waals surface area contributed by atoms with E-state index in [4.69, 9.17) is 16.1 Å². The zero-order valence-electron chi connectivity index (χ0n) is 11.3. The average molecular weight is 302 g/mol. The Hall–Kier alpha value is -2.56. The van der Waals surface area contributed by atoms with Gasteiger partial charge < -0.3 is 11.1 Å². The molecule has 0 saturated heterocycles. The molecule has 0 fully saturated rings. The minimum absolute atomic E-state index is 0.0340. The number of anilines is 3. The van der Waals surface area contributed by atoms with Gasteiger partial charge in [0.1, 0.15) is 0 Å². The third-order valence-electron chi connectivity index (χ3n) is 2.99. The Kier molecular flexibility index (Phi) is 3.84. The summed E-state index contributed by atoms with van der Waals surface area (Å²) < 4.78 is 22.8. The summed E-state index contributed by atoms with van der Waals surface area (Å²) in [5.41, 5.74) is 8.69. The van der Waals surface area contributed by atoms with Gasteiger partial charge in [-0.05, 0) is 42.8 Å². The van der Waals surface area contributed by atoms with E-state index in [1.807, 2.05) is 13.0 Å². The van der Waals surface area contributed by atoms with Crippen molar-refractivity contribution in [2.45, 2.75) is 11.8 Å². The van der Waals surface area contributed by atoms with Crippen molar-refractivity contribution in [1.29, 1.82) is 5.26 Å². The highest BCUT2D eigenvalue weighted by molar-refractivity contribution is 7.89. The Morgan fingerprint density at radius 3 is 2.48 bits per heavy atom. The number of benzene rings is 2. The van der Waals surface area contributed by atoms with Crippen LogP contribution in [0.5, 0.6) is 0 Å². The van der Waals surface area contributed by atoms with E-state index in [1.165, 1.54) is 18.2 Å². The molecule has 0 aliphatic rings. The number of nitrogens with one attached hydrogen (secondary N) is 1. The maximum Gasteiger partial charge on any atom is 0.238 e. The van der Waals surface area contributed by atoms with Crippen molar-refractivity contribution in [2.24, 2.45) is 5.14 Å². The second-order valence-electron chi connectivity index (χ2n) is 4.56. The molecular weight excluding hydrogens is 288 g/mol. The molecule has 2 aromatic rings. The summed E-state index contributed by atoms with van der Waals surface area (Å²) in [4.78, 5) is -0.0340. The number of hydrogen-bond donors (Lipinski definition) is 3. The van der Waals surface area contributed by atoms with Crippen molar-refractivity contribution in [3.8, 4) is 6.07 Å². The quantitative estimate of drug-likeness (QED) is 0.747. The Morgan fingerprint density at radius 2 is 1.86 bits per heavy atom. The predicted molar refractivity (Wildman–Crippen MR) is 81.4 cm³/mol. The van der Waals surface area contributed by atoms with E-state index in [-0.39, 0.29) is 4.90 Å². The zero-order valence-corrected chi connectivity index (χ0v) is 12.1. The molecule has 0 aliphatic carbocycles. The first-order valence-corrected chi connectivity index (χ1v) is 7.56. The van der Waals surface area contributed by atoms with Crippen LogP contribution < -0.4 is 16.2 Å². The molecule has 0 unspecified atom stereocenters. The van der Waals surface area contributed by atoms with Crippen LogP contribution in [0, 0.1) is 18.3 Å². The molecule has 0 bridgehead atoms. The van der Waals surface area contributed by atoms with Gasteiger partial charge >= 0.3 is 0 Å². The Morgan fingerprint density at radius 1 is 1.14 bits per heavy atom. The van der Waals surface area contributed by atoms with Gasteiger partial charge in [-0.1, -0.05) is 6.07 Å². The Labute approximate surface area is 123 Å². The van der Waals surface area contributed by atoms with Gasteiger partial charge in [0.25, 0.3) is 0 Å². The summed E-state index contributed by atoms with van der Waals surface area (Å²) in [6.07, 6.45) is 0. The summed E-state index contributed by atoms with van der Waals surface area (Å²) in [7, 11) is -3.81. The normalized spacial score (nSPS) is 10.9. The molecule has 2 aromatic carbocycles. The van der Waals surface area contributed by atoms with E-state index in [0.29, 0.717) is 22.6 Å². The molecule has 0 radical (unpaired) electrons. The molecule has 6 nitrogen and oxygen atoms in total. The van der Waals surface area contributed by atoms with Crippen molar-refractivity contribution >= 4 is 27.1 Å². The number of primary sulfonamides is 1. The number of rotatable bonds is 3. The van der Waals surface area contributed by atoms with Crippen molar-refractivity contribution in [2.75, 3.05) is 11.1 Å². The third kappa shape index (κ3) is 3.31. The van der Waals surface area contributed by atoms with Gasteiger partial charge in [-0.25, -0.2) is 13.6 Å². The summed E-state index contributed by atoms with van der Waals surface area (Å²) in [6.45, 7) is 1.86. The minimum atomic E-state index is -3.81. The fraction of sp³-hybridized carbons (Fsp3) is 0.0714. The molecule has 0 aromatic heterocycles. The van der Waals surface area contributed by atoms with Crippen LogP contribution >= 0.6 is 0 Å². The van der Waals surface area contributed by atoms with E-state index in [2.05, 4.69) is 5.32 Å². The lowest BCUT2D eigenvalue weighted by Crippen LogP contribution is -2.12. The van der Waals surface area contributed by atoms with Gasteiger partial charge in [0, 0.05) is 5.69 Å². The monoisotopic (exact) mass is 302 g/mol. The Bertz CT molecular complexity index is 839. The zero-order chi connectivity index (χ0) is 15.6. The van der Waals surface area contributed by atoms with Crippen LogP contribution in [-0.4, -0.2) is 8.42 Å². The smallest absolute Gasteiger partial charge is 0.238 e. The summed E-state index contributed by atoms with van der Waals surface area (Å²) >= 11 is 0. The van der Waals surface area contributed by atoms with E-state index in [1.54, 1.807) is 18.2 Å². The molecule has 0 atom stereocenters. The summed E-state index contributed by atoms with van der Waals surface area (Å²) in [5, 5.41) is 17.1. The largest absolute Gasteiger partial charge is 0.397 e. The highest BCUT2D eigenvalue weighted by atomic mass is 32.2. The van der Waals surface area contributed by atoms with Gasteiger partial charge in [-0.2, -0.15) is 5.26 Å². The lowest BCUT2D eigenvalue weighted by molar-refractivity contribution is 0.598. The topological polar surface area (TPSA) is 122 Å². The van der Waals surface area contributed by atoms with E-state index >= 15 is 0 Å². The van der Waals surface area contributed by atoms with Crippen LogP contribution in [0.1, 0.15) is 11.1 Å². The molecule has 0 heterocycles. The van der Waals surface area contributed by atoms with E-state index < -0.39 is 10.0 Å². The second-order valence-corrected chi connectivity index (χ2v) is 6.12. The molecule has 0 amide bonds. The molecular formula is C14H14N4O2S. The second kappa shape index (κ2) is 5.44. The van der Waals surface area contributed by atoms with Gasteiger partial charge in [-0.15, -0.1) is 0 Å². The summed E-state index contributed by atoms with van der Waals surface area (Å²) in [6, 6.07) is 11.4. The Balaban J connectivity index is 2.47. The van der Waals surface area contributed by atoms with Gasteiger partial charge in [-0.3, -0.25) is 0 Å². The highest BCUT2D eigenvalue weighted by Gasteiger charge is 2.11. The number of nitrogen functional groups attached to an aromatic ring is 1. The average Bonchev–Trinajstić information content (AvgIpc) is 2.42. The third-order valence-corrected chi connectivity index (χ3v) is 3.90. The maximum absolute atomic E-state index is 11.4. The number of nitrogens with zero attached hydrogens (tertiary/aromatic N) is 1. The first-order valence-electron chi connectivity index (χ1n) is 6.01. The molecule has 0 spiro atoms. The van der Waals surface area contributed by atoms with E-state index in [9.17, 15) is 8.42 Å². The van der Waals surface area contributed by atoms with Gasteiger partial charge in [0.05, 0.1) is 27.9 Å². The van der Waals surface area contributed by atoms with Crippen LogP contribution in [0.2, 0.25) is 0 Å². The van der Waals surface area contributed by atoms with Crippen LogP contribution in [0.25, 0.3) is 0 Å². The lowest BCUT2D eigenvalue weighted by atomic mass is 10.1. The number of sulfonamides is 1. The summed E-state index contributed by atoms with van der Waals surface area (Å²) in [5.74, 6) is 0. The SMILES string of the molecule is Cc1ccc(C#N)cc1Nc1cc(S(N)(=O)=O)ccc1N. The van der Waals surface area contributed by atoms with Crippen LogP contribution in [0.4, 0.5) is 17.1 Å². The van der Waals surface area contributed by atoms with Gasteiger partial charge in [0.2, 0.25) is 10.0 Å². The van der Waals surface area contributed by atoms with Crippen molar-refractivity contribution in [1.82, 2.24) is 0 Å².